The fourth-order valence-electron chi connectivity index (χ4n) is 1.25. The lowest BCUT2D eigenvalue weighted by Gasteiger charge is -1.99. The van der Waals surface area contributed by atoms with Crippen LogP contribution in [0.2, 0.25) is 0 Å². The van der Waals surface area contributed by atoms with Gasteiger partial charge in [0.15, 0.2) is 0 Å². The Labute approximate surface area is 75.2 Å². The third-order valence-corrected chi connectivity index (χ3v) is 1.92. The number of aromatic nitrogens is 1. The van der Waals surface area contributed by atoms with Gasteiger partial charge in [0, 0.05) is 11.9 Å². The molecule has 0 aliphatic carbocycles. The monoisotopic (exact) mass is 176 g/mol. The summed E-state index contributed by atoms with van der Waals surface area (Å²) in [7, 11) is 0. The standard InChI is InChI=1S/C10H9FN2/c11-8-2-4-10-7(5-8)1-3-9(6-12)13-10/h1-5H,6,12H2. The van der Waals surface area contributed by atoms with Crippen LogP contribution in [0.5, 0.6) is 0 Å². The maximum absolute atomic E-state index is 12.8. The van der Waals surface area contributed by atoms with Crippen molar-refractivity contribution in [1.82, 2.24) is 4.98 Å². The molecule has 0 aliphatic rings. The molecule has 1 aromatic carbocycles. The summed E-state index contributed by atoms with van der Waals surface area (Å²) in [5.41, 5.74) is 7.03. The van der Waals surface area contributed by atoms with Crippen molar-refractivity contribution in [2.75, 3.05) is 0 Å². The molecule has 13 heavy (non-hydrogen) atoms. The molecule has 0 saturated heterocycles. The lowest BCUT2D eigenvalue weighted by atomic mass is 10.2. The number of nitrogens with zero attached hydrogens (tertiary/aromatic N) is 1. The molecule has 0 fully saturated rings. The summed E-state index contributed by atoms with van der Waals surface area (Å²) in [4.78, 5) is 4.24. The van der Waals surface area contributed by atoms with Gasteiger partial charge in [-0.3, -0.25) is 4.98 Å². The number of rotatable bonds is 1. The van der Waals surface area contributed by atoms with Crippen LogP contribution in [0, 0.1) is 5.82 Å². The van der Waals surface area contributed by atoms with E-state index in [-0.39, 0.29) is 5.82 Å². The second-order valence-corrected chi connectivity index (χ2v) is 2.84. The van der Waals surface area contributed by atoms with E-state index < -0.39 is 0 Å². The van der Waals surface area contributed by atoms with Gasteiger partial charge in [0.1, 0.15) is 5.82 Å². The van der Waals surface area contributed by atoms with Gasteiger partial charge in [0.2, 0.25) is 0 Å². The van der Waals surface area contributed by atoms with Crippen molar-refractivity contribution in [3.8, 4) is 0 Å². The molecule has 0 spiro atoms. The molecular weight excluding hydrogens is 167 g/mol. The van der Waals surface area contributed by atoms with Crippen molar-refractivity contribution in [3.05, 3.63) is 41.8 Å². The summed E-state index contributed by atoms with van der Waals surface area (Å²) in [5, 5.41) is 0.803. The van der Waals surface area contributed by atoms with E-state index >= 15 is 0 Å². The summed E-state index contributed by atoms with van der Waals surface area (Å²) in [6.45, 7) is 0.410. The Morgan fingerprint density at radius 3 is 2.85 bits per heavy atom. The van der Waals surface area contributed by atoms with Crippen molar-refractivity contribution in [1.29, 1.82) is 0 Å². The maximum atomic E-state index is 12.8. The first-order chi connectivity index (χ1) is 6.29. The third-order valence-electron chi connectivity index (χ3n) is 1.92. The fraction of sp³-hybridized carbons (Fsp3) is 0.100. The van der Waals surface area contributed by atoms with Crippen LogP contribution in [-0.2, 0) is 6.54 Å². The molecule has 0 unspecified atom stereocenters. The van der Waals surface area contributed by atoms with Crippen LogP contribution in [0.3, 0.4) is 0 Å². The average Bonchev–Trinajstić information content (AvgIpc) is 2.17. The fourth-order valence-corrected chi connectivity index (χ4v) is 1.25. The SMILES string of the molecule is NCc1ccc2cc(F)ccc2n1. The molecule has 0 bridgehead atoms. The second kappa shape index (κ2) is 3.11. The highest BCUT2D eigenvalue weighted by atomic mass is 19.1. The van der Waals surface area contributed by atoms with Gasteiger partial charge in [-0.15, -0.1) is 0 Å². The van der Waals surface area contributed by atoms with E-state index in [0.717, 1.165) is 16.6 Å². The van der Waals surface area contributed by atoms with E-state index in [1.807, 2.05) is 12.1 Å². The van der Waals surface area contributed by atoms with Crippen LogP contribution in [0.4, 0.5) is 4.39 Å². The quantitative estimate of drug-likeness (QED) is 0.720. The van der Waals surface area contributed by atoms with Crippen LogP contribution >= 0.6 is 0 Å². The van der Waals surface area contributed by atoms with E-state index in [4.69, 9.17) is 5.73 Å². The number of pyridine rings is 1. The maximum Gasteiger partial charge on any atom is 0.123 e. The Hall–Kier alpha value is -1.48. The van der Waals surface area contributed by atoms with Gasteiger partial charge in [-0.25, -0.2) is 4.39 Å². The summed E-state index contributed by atoms with van der Waals surface area (Å²) in [6.07, 6.45) is 0. The highest BCUT2D eigenvalue weighted by molar-refractivity contribution is 5.78. The van der Waals surface area contributed by atoms with Crippen molar-refractivity contribution >= 4 is 10.9 Å². The molecule has 2 N–H and O–H groups in total. The van der Waals surface area contributed by atoms with E-state index in [9.17, 15) is 4.39 Å². The first kappa shape index (κ1) is 8.13. The van der Waals surface area contributed by atoms with Crippen molar-refractivity contribution in [3.63, 3.8) is 0 Å². The third kappa shape index (κ3) is 1.51. The topological polar surface area (TPSA) is 38.9 Å². The lowest BCUT2D eigenvalue weighted by molar-refractivity contribution is 0.629. The Morgan fingerprint density at radius 1 is 1.23 bits per heavy atom. The molecule has 2 aromatic rings. The van der Waals surface area contributed by atoms with Gasteiger partial charge in [0.05, 0.1) is 11.2 Å². The zero-order valence-corrected chi connectivity index (χ0v) is 7.00. The highest BCUT2D eigenvalue weighted by Gasteiger charge is 1.97. The van der Waals surface area contributed by atoms with Crippen LogP contribution in [0.25, 0.3) is 10.9 Å². The largest absolute Gasteiger partial charge is 0.325 e. The predicted octanol–water partition coefficient (Wildman–Crippen LogP) is 1.83. The Kier molecular flexibility index (Phi) is 1.94. The second-order valence-electron chi connectivity index (χ2n) is 2.84. The van der Waals surface area contributed by atoms with E-state index in [1.54, 1.807) is 6.07 Å². The number of hydrogen-bond donors (Lipinski definition) is 1. The van der Waals surface area contributed by atoms with Crippen LogP contribution in [0.15, 0.2) is 30.3 Å². The summed E-state index contributed by atoms with van der Waals surface area (Å²) >= 11 is 0. The molecule has 0 aliphatic heterocycles. The van der Waals surface area contributed by atoms with Gasteiger partial charge in [0.25, 0.3) is 0 Å². The van der Waals surface area contributed by atoms with Gasteiger partial charge < -0.3 is 5.73 Å². The molecule has 0 radical (unpaired) electrons. The lowest BCUT2D eigenvalue weighted by Crippen LogP contribution is -1.98. The normalized spacial score (nSPS) is 10.6. The van der Waals surface area contributed by atoms with Crippen molar-refractivity contribution in [2.24, 2.45) is 5.73 Å². The van der Waals surface area contributed by atoms with Crippen LogP contribution in [-0.4, -0.2) is 4.98 Å². The first-order valence-electron chi connectivity index (χ1n) is 4.05. The molecule has 0 saturated carbocycles. The predicted molar refractivity (Wildman–Crippen MR) is 49.6 cm³/mol. The van der Waals surface area contributed by atoms with Gasteiger partial charge in [-0.2, -0.15) is 0 Å². The van der Waals surface area contributed by atoms with Gasteiger partial charge in [-0.1, -0.05) is 6.07 Å². The molecule has 2 rings (SSSR count). The van der Waals surface area contributed by atoms with Crippen LogP contribution < -0.4 is 5.73 Å². The average molecular weight is 176 g/mol. The minimum atomic E-state index is -0.241. The number of fused-ring (bicyclic) bond motifs is 1. The Bertz CT molecular complexity index is 440. The minimum absolute atomic E-state index is 0.241. The van der Waals surface area contributed by atoms with Crippen LogP contribution in [0.1, 0.15) is 5.69 Å². The highest BCUT2D eigenvalue weighted by Crippen LogP contribution is 2.13. The molecular formula is C10H9FN2. The Morgan fingerprint density at radius 2 is 2.08 bits per heavy atom. The van der Waals surface area contributed by atoms with E-state index in [2.05, 4.69) is 4.98 Å². The number of nitrogens with two attached hydrogens (primary N) is 1. The number of hydrogen-bond acceptors (Lipinski definition) is 2. The number of halogens is 1. The first-order valence-corrected chi connectivity index (χ1v) is 4.05. The van der Waals surface area contributed by atoms with Crippen molar-refractivity contribution < 1.29 is 4.39 Å². The summed E-state index contributed by atoms with van der Waals surface area (Å²) in [6, 6.07) is 8.15. The zero-order valence-electron chi connectivity index (χ0n) is 7.00. The molecule has 1 heterocycles. The van der Waals surface area contributed by atoms with Gasteiger partial charge >= 0.3 is 0 Å². The minimum Gasteiger partial charge on any atom is -0.325 e. The molecule has 0 atom stereocenters. The molecule has 66 valence electrons. The summed E-state index contributed by atoms with van der Waals surface area (Å²) in [5.74, 6) is -0.241. The van der Waals surface area contributed by atoms with E-state index in [1.165, 1.54) is 12.1 Å². The molecule has 3 heteroatoms. The van der Waals surface area contributed by atoms with Crippen molar-refractivity contribution in [2.45, 2.75) is 6.54 Å². The molecule has 2 nitrogen and oxygen atoms in total. The summed E-state index contributed by atoms with van der Waals surface area (Å²) < 4.78 is 12.8. The zero-order chi connectivity index (χ0) is 9.26. The smallest absolute Gasteiger partial charge is 0.123 e. The molecule has 1 aromatic heterocycles. The Balaban J connectivity index is 2.66. The number of benzene rings is 1. The molecule has 0 amide bonds. The van der Waals surface area contributed by atoms with Gasteiger partial charge in [-0.05, 0) is 24.3 Å². The van der Waals surface area contributed by atoms with E-state index in [0.29, 0.717) is 6.54 Å².